The zero-order chi connectivity index (χ0) is 23.1. The Morgan fingerprint density at radius 3 is 2.69 bits per heavy atom. The third-order valence-electron chi connectivity index (χ3n) is 6.14. The van der Waals surface area contributed by atoms with E-state index in [4.69, 9.17) is 9.47 Å². The molecule has 0 saturated carbocycles. The van der Waals surface area contributed by atoms with Gasteiger partial charge < -0.3 is 19.3 Å². The molecule has 32 heavy (non-hydrogen) atoms. The molecule has 2 heterocycles. The van der Waals surface area contributed by atoms with Crippen molar-refractivity contribution >= 4 is 11.7 Å². The summed E-state index contributed by atoms with van der Waals surface area (Å²) in [6.07, 6.45) is 5.63. The van der Waals surface area contributed by atoms with Crippen LogP contribution < -0.4 is 14.4 Å². The summed E-state index contributed by atoms with van der Waals surface area (Å²) in [6, 6.07) is 7.76. The average Bonchev–Trinajstić information content (AvgIpc) is 2.80. The molecule has 0 bridgehead atoms. The highest BCUT2D eigenvalue weighted by Crippen LogP contribution is 2.32. The number of hydrogen-bond donors (Lipinski definition) is 0. The molecule has 1 amide bonds. The van der Waals surface area contributed by atoms with Gasteiger partial charge in [-0.2, -0.15) is 0 Å². The highest BCUT2D eigenvalue weighted by atomic mass is 16.5. The molecule has 1 saturated heterocycles. The summed E-state index contributed by atoms with van der Waals surface area (Å²) >= 11 is 0. The second kappa shape index (κ2) is 11.2. The van der Waals surface area contributed by atoms with Crippen molar-refractivity contribution in [1.82, 2.24) is 14.9 Å². The molecule has 0 aliphatic carbocycles. The molecule has 0 spiro atoms. The Balaban J connectivity index is 1.67. The minimum absolute atomic E-state index is 0.128. The Bertz CT molecular complexity index is 905. The number of carbonyl (C=O) groups excluding carboxylic acids is 1. The number of piperazine rings is 1. The summed E-state index contributed by atoms with van der Waals surface area (Å²) in [7, 11) is 1.63. The SMILES string of the molecule is CCCC[C@@H](CC)C(=O)N1CCN(c2cc(Oc3ccc(C)cc3OC)ncn2)C[C@@H]1C. The number of benzene rings is 1. The van der Waals surface area contributed by atoms with Crippen LogP contribution in [-0.4, -0.2) is 53.6 Å². The van der Waals surface area contributed by atoms with E-state index in [1.807, 2.05) is 31.2 Å². The van der Waals surface area contributed by atoms with E-state index in [0.717, 1.165) is 50.2 Å². The lowest BCUT2D eigenvalue weighted by Crippen LogP contribution is -2.55. The highest BCUT2D eigenvalue weighted by Gasteiger charge is 2.31. The third kappa shape index (κ3) is 5.69. The molecule has 1 aromatic heterocycles. The van der Waals surface area contributed by atoms with E-state index < -0.39 is 0 Å². The molecule has 1 aliphatic rings. The quantitative estimate of drug-likeness (QED) is 0.556. The van der Waals surface area contributed by atoms with E-state index in [1.165, 1.54) is 6.33 Å². The van der Waals surface area contributed by atoms with E-state index in [1.54, 1.807) is 7.11 Å². The molecular formula is C25H36N4O3. The van der Waals surface area contributed by atoms with Crippen LogP contribution in [0.2, 0.25) is 0 Å². The number of aromatic nitrogens is 2. The lowest BCUT2D eigenvalue weighted by molar-refractivity contribution is -0.138. The second-order valence-corrected chi connectivity index (χ2v) is 8.54. The standard InChI is InChI=1S/C25H36N4O3/c1-6-8-9-20(7-2)25(30)29-13-12-28(16-19(29)4)23-15-24(27-17-26-23)32-21-11-10-18(3)14-22(21)31-5/h10-11,14-15,17,19-20H,6-9,12-13,16H2,1-5H3/t19-,20+/m0/s1. The summed E-state index contributed by atoms with van der Waals surface area (Å²) in [6.45, 7) is 10.6. The van der Waals surface area contributed by atoms with Gasteiger partial charge in [0.1, 0.15) is 12.1 Å². The molecule has 1 fully saturated rings. The van der Waals surface area contributed by atoms with Crippen molar-refractivity contribution in [3.8, 4) is 17.4 Å². The third-order valence-corrected chi connectivity index (χ3v) is 6.14. The van der Waals surface area contributed by atoms with Crippen LogP contribution in [0.25, 0.3) is 0 Å². The van der Waals surface area contributed by atoms with Gasteiger partial charge in [0.25, 0.3) is 0 Å². The van der Waals surface area contributed by atoms with Crippen LogP contribution in [0.3, 0.4) is 0 Å². The summed E-state index contributed by atoms with van der Waals surface area (Å²) in [4.78, 5) is 26.1. The van der Waals surface area contributed by atoms with Gasteiger partial charge in [-0.05, 0) is 44.4 Å². The van der Waals surface area contributed by atoms with Crippen molar-refractivity contribution in [3.05, 3.63) is 36.2 Å². The first-order chi connectivity index (χ1) is 15.5. The van der Waals surface area contributed by atoms with Crippen LogP contribution in [0, 0.1) is 12.8 Å². The number of anilines is 1. The Morgan fingerprint density at radius 2 is 2.00 bits per heavy atom. The van der Waals surface area contributed by atoms with Crippen LogP contribution >= 0.6 is 0 Å². The Morgan fingerprint density at radius 1 is 1.19 bits per heavy atom. The van der Waals surface area contributed by atoms with Gasteiger partial charge in [0.15, 0.2) is 11.5 Å². The second-order valence-electron chi connectivity index (χ2n) is 8.54. The number of methoxy groups -OCH3 is 1. The summed E-state index contributed by atoms with van der Waals surface area (Å²) in [5.41, 5.74) is 1.10. The largest absolute Gasteiger partial charge is 0.493 e. The van der Waals surface area contributed by atoms with Crippen molar-refractivity contribution in [2.75, 3.05) is 31.6 Å². The zero-order valence-electron chi connectivity index (χ0n) is 20.0. The maximum Gasteiger partial charge on any atom is 0.226 e. The number of ether oxygens (including phenoxy) is 2. The number of aryl methyl sites for hydroxylation is 1. The first kappa shape index (κ1) is 23.8. The first-order valence-corrected chi connectivity index (χ1v) is 11.7. The maximum atomic E-state index is 13.1. The van der Waals surface area contributed by atoms with Crippen LogP contribution in [0.4, 0.5) is 5.82 Å². The molecular weight excluding hydrogens is 404 g/mol. The fourth-order valence-electron chi connectivity index (χ4n) is 4.21. The van der Waals surface area contributed by atoms with E-state index in [9.17, 15) is 4.79 Å². The topological polar surface area (TPSA) is 67.8 Å². The molecule has 1 aromatic carbocycles. The predicted octanol–water partition coefficient (Wildman–Crippen LogP) is 4.84. The number of unbranched alkanes of at least 4 members (excludes halogenated alkanes) is 1. The normalized spacial score (nSPS) is 17.2. The maximum absolute atomic E-state index is 13.1. The van der Waals surface area contributed by atoms with Crippen LogP contribution in [0.15, 0.2) is 30.6 Å². The van der Waals surface area contributed by atoms with E-state index in [-0.39, 0.29) is 12.0 Å². The molecule has 3 rings (SSSR count). The predicted molar refractivity (Wildman–Crippen MR) is 127 cm³/mol. The van der Waals surface area contributed by atoms with Crippen molar-refractivity contribution in [2.24, 2.45) is 5.92 Å². The van der Waals surface area contributed by atoms with E-state index >= 15 is 0 Å². The summed E-state index contributed by atoms with van der Waals surface area (Å²) < 4.78 is 11.4. The van der Waals surface area contributed by atoms with Crippen molar-refractivity contribution in [3.63, 3.8) is 0 Å². The van der Waals surface area contributed by atoms with E-state index in [2.05, 4.69) is 40.5 Å². The molecule has 0 unspecified atom stereocenters. The van der Waals surface area contributed by atoms with Gasteiger partial charge in [0.2, 0.25) is 11.8 Å². The van der Waals surface area contributed by atoms with Crippen molar-refractivity contribution in [2.45, 2.75) is 59.4 Å². The molecule has 2 aromatic rings. The van der Waals surface area contributed by atoms with Gasteiger partial charge in [0.05, 0.1) is 7.11 Å². The van der Waals surface area contributed by atoms with Gasteiger partial charge in [-0.1, -0.05) is 32.8 Å². The number of amides is 1. The monoisotopic (exact) mass is 440 g/mol. The minimum Gasteiger partial charge on any atom is -0.493 e. The van der Waals surface area contributed by atoms with Crippen LogP contribution in [-0.2, 0) is 4.79 Å². The zero-order valence-corrected chi connectivity index (χ0v) is 20.0. The fourth-order valence-corrected chi connectivity index (χ4v) is 4.21. The van der Waals surface area contributed by atoms with Crippen molar-refractivity contribution in [1.29, 1.82) is 0 Å². The number of carbonyl (C=O) groups is 1. The fraction of sp³-hybridized carbons (Fsp3) is 0.560. The molecule has 1 aliphatic heterocycles. The highest BCUT2D eigenvalue weighted by molar-refractivity contribution is 5.79. The van der Waals surface area contributed by atoms with Gasteiger partial charge in [0, 0.05) is 37.7 Å². The van der Waals surface area contributed by atoms with E-state index in [0.29, 0.717) is 29.8 Å². The lowest BCUT2D eigenvalue weighted by atomic mass is 9.96. The van der Waals surface area contributed by atoms with Gasteiger partial charge >= 0.3 is 0 Å². The van der Waals surface area contributed by atoms with Crippen LogP contribution in [0.5, 0.6) is 17.4 Å². The molecule has 7 nitrogen and oxygen atoms in total. The summed E-state index contributed by atoms with van der Waals surface area (Å²) in [5.74, 6) is 2.98. The smallest absolute Gasteiger partial charge is 0.226 e. The number of rotatable bonds is 9. The molecule has 0 N–H and O–H groups in total. The average molecular weight is 441 g/mol. The Hall–Kier alpha value is -2.83. The van der Waals surface area contributed by atoms with Crippen LogP contribution in [0.1, 0.15) is 52.0 Å². The molecule has 174 valence electrons. The Labute approximate surface area is 191 Å². The van der Waals surface area contributed by atoms with Gasteiger partial charge in [-0.15, -0.1) is 0 Å². The number of hydrogen-bond acceptors (Lipinski definition) is 6. The van der Waals surface area contributed by atoms with Crippen molar-refractivity contribution < 1.29 is 14.3 Å². The minimum atomic E-state index is 0.128. The lowest BCUT2D eigenvalue weighted by Gasteiger charge is -2.41. The first-order valence-electron chi connectivity index (χ1n) is 11.7. The van der Waals surface area contributed by atoms with Gasteiger partial charge in [-0.25, -0.2) is 9.97 Å². The molecule has 0 radical (unpaired) electrons. The number of nitrogens with zero attached hydrogens (tertiary/aromatic N) is 4. The Kier molecular flexibility index (Phi) is 8.31. The molecule has 7 heteroatoms. The summed E-state index contributed by atoms with van der Waals surface area (Å²) in [5, 5.41) is 0. The molecule has 2 atom stereocenters. The van der Waals surface area contributed by atoms with Gasteiger partial charge in [-0.3, -0.25) is 4.79 Å².